The summed E-state index contributed by atoms with van der Waals surface area (Å²) in [4.78, 5) is 17.5. The molecule has 2 heterocycles. The van der Waals surface area contributed by atoms with Crippen molar-refractivity contribution in [2.24, 2.45) is 0 Å². The Labute approximate surface area is 163 Å². The molecule has 1 amide bonds. The van der Waals surface area contributed by atoms with Crippen LogP contribution in [0, 0.1) is 0 Å². The number of nitrogens with zero attached hydrogens (tertiary/aromatic N) is 2. The molecule has 1 aromatic heterocycles. The predicted molar refractivity (Wildman–Crippen MR) is 108 cm³/mol. The maximum Gasteiger partial charge on any atom is 0.229 e. The van der Waals surface area contributed by atoms with E-state index >= 15 is 0 Å². The Morgan fingerprint density at radius 3 is 2.58 bits per heavy atom. The summed E-state index contributed by atoms with van der Waals surface area (Å²) in [5, 5.41) is 1.91. The minimum Gasteiger partial charge on any atom is -0.358 e. The minimum atomic E-state index is -1.38. The highest BCUT2D eigenvalue weighted by atomic mass is 32.1. The third-order valence-corrected chi connectivity index (χ3v) is 5.82. The second-order valence-electron chi connectivity index (χ2n) is 6.50. The topological polar surface area (TPSA) is 32.8 Å². The van der Waals surface area contributed by atoms with Crippen LogP contribution in [0.25, 0.3) is 0 Å². The molecule has 1 aromatic carbocycles. The Balaban J connectivity index is 1.76. The molecule has 2 aromatic rings. The van der Waals surface area contributed by atoms with E-state index in [1.807, 2.05) is 54.8 Å². The molecule has 0 radical (unpaired) electrons. The van der Waals surface area contributed by atoms with Gasteiger partial charge in [0.05, 0.1) is 0 Å². The van der Waals surface area contributed by atoms with Crippen LogP contribution < -0.4 is 4.90 Å². The van der Waals surface area contributed by atoms with Gasteiger partial charge in [0.1, 0.15) is 5.72 Å². The highest BCUT2D eigenvalue weighted by molar-refractivity contribution is 7.09. The Bertz CT molecular complexity index is 760. The second kappa shape index (κ2) is 8.80. The van der Waals surface area contributed by atoms with E-state index in [0.717, 1.165) is 10.6 Å². The van der Waals surface area contributed by atoms with Gasteiger partial charge < -0.3 is 9.64 Å². The summed E-state index contributed by atoms with van der Waals surface area (Å²) in [6.07, 6.45) is 0.319. The second-order valence-corrected chi connectivity index (χ2v) is 7.45. The van der Waals surface area contributed by atoms with Gasteiger partial charge in [0.2, 0.25) is 5.91 Å². The van der Waals surface area contributed by atoms with Crippen LogP contribution >= 0.6 is 11.3 Å². The van der Waals surface area contributed by atoms with E-state index in [4.69, 9.17) is 7.48 Å². The van der Waals surface area contributed by atoms with Crippen molar-refractivity contribution in [1.82, 2.24) is 4.90 Å². The lowest BCUT2D eigenvalue weighted by molar-refractivity contribution is -0.128. The molecule has 0 N–H and O–H groups in total. The number of hydrogen-bond donors (Lipinski definition) is 0. The molecule has 1 aliphatic rings. The van der Waals surface area contributed by atoms with E-state index < -0.39 is 12.1 Å². The standard InChI is InChI=1S/C21H28N2O2S/c1-3-20(24)23(18-8-5-4-6-9-18)21(25-2)12-15-22(16-13-21)14-11-19-10-7-17-26-19/h4-10,17H,3,11-16H2,1-2H3/i11D2. The van der Waals surface area contributed by atoms with Gasteiger partial charge in [-0.3, -0.25) is 9.69 Å². The molecule has 4 nitrogen and oxygen atoms in total. The van der Waals surface area contributed by atoms with E-state index in [0.29, 0.717) is 38.9 Å². The Morgan fingerprint density at radius 1 is 1.27 bits per heavy atom. The molecule has 0 spiro atoms. The Kier molecular flexibility index (Phi) is 5.58. The van der Waals surface area contributed by atoms with Crippen molar-refractivity contribution in [2.45, 2.75) is 38.3 Å². The van der Waals surface area contributed by atoms with Gasteiger partial charge in [0, 0.05) is 59.3 Å². The average molecular weight is 375 g/mol. The van der Waals surface area contributed by atoms with Crippen LogP contribution in [-0.2, 0) is 15.9 Å². The highest BCUT2D eigenvalue weighted by Gasteiger charge is 2.42. The summed E-state index contributed by atoms with van der Waals surface area (Å²) in [6.45, 7) is 3.57. The Hall–Kier alpha value is -1.69. The molecule has 0 atom stereocenters. The highest BCUT2D eigenvalue weighted by Crippen LogP contribution is 2.34. The summed E-state index contributed by atoms with van der Waals surface area (Å²) in [5.41, 5.74) is 0.152. The Morgan fingerprint density at radius 2 is 2.00 bits per heavy atom. The summed E-state index contributed by atoms with van der Waals surface area (Å²) >= 11 is 1.45. The fraction of sp³-hybridized carbons (Fsp3) is 0.476. The molecule has 1 saturated heterocycles. The number of likely N-dealkylation sites (tertiary alicyclic amines) is 1. The molecular weight excluding hydrogens is 344 g/mol. The van der Waals surface area contributed by atoms with Gasteiger partial charge in [-0.15, -0.1) is 11.3 Å². The summed E-state index contributed by atoms with van der Waals surface area (Å²) in [5.74, 6) is 0.0374. The number of thiophene rings is 1. The first kappa shape index (κ1) is 16.5. The molecule has 3 rings (SSSR count). The number of piperidine rings is 1. The van der Waals surface area contributed by atoms with Crippen LogP contribution in [0.4, 0.5) is 5.69 Å². The van der Waals surface area contributed by atoms with Crippen LogP contribution in [0.15, 0.2) is 47.8 Å². The smallest absolute Gasteiger partial charge is 0.229 e. The zero-order valence-electron chi connectivity index (χ0n) is 17.5. The molecule has 140 valence electrons. The van der Waals surface area contributed by atoms with E-state index in [2.05, 4.69) is 4.90 Å². The predicted octanol–water partition coefficient (Wildman–Crippen LogP) is 4.17. The maximum atomic E-state index is 12.8. The molecule has 0 aliphatic carbocycles. The van der Waals surface area contributed by atoms with E-state index in [9.17, 15) is 4.79 Å². The van der Waals surface area contributed by atoms with Crippen molar-refractivity contribution >= 4 is 22.9 Å². The van der Waals surface area contributed by atoms with Crippen molar-refractivity contribution in [1.29, 1.82) is 0 Å². The third-order valence-electron chi connectivity index (χ3n) is 4.99. The van der Waals surface area contributed by atoms with Crippen molar-refractivity contribution in [3.63, 3.8) is 0 Å². The fourth-order valence-electron chi connectivity index (χ4n) is 3.49. The fourth-order valence-corrected chi connectivity index (χ4v) is 4.10. The molecular formula is C21H28N2O2S. The van der Waals surface area contributed by atoms with Crippen molar-refractivity contribution in [3.05, 3.63) is 52.7 Å². The monoisotopic (exact) mass is 374 g/mol. The first-order valence-corrected chi connectivity index (χ1v) is 9.99. The number of benzene rings is 1. The van der Waals surface area contributed by atoms with Gasteiger partial charge in [0.25, 0.3) is 0 Å². The zero-order valence-corrected chi connectivity index (χ0v) is 16.3. The van der Waals surface area contributed by atoms with Crippen LogP contribution in [0.2, 0.25) is 0 Å². The zero-order chi connectivity index (χ0) is 20.2. The lowest BCUT2D eigenvalue weighted by Gasteiger charge is -2.47. The molecule has 1 aliphatic heterocycles. The van der Waals surface area contributed by atoms with Gasteiger partial charge in [-0.25, -0.2) is 0 Å². The number of ether oxygens (including phenoxy) is 1. The summed E-state index contributed by atoms with van der Waals surface area (Å²) in [6, 6.07) is 13.4. The molecule has 26 heavy (non-hydrogen) atoms. The lowest BCUT2D eigenvalue weighted by atomic mass is 9.96. The number of carbonyl (C=O) groups excluding carboxylic acids is 1. The van der Waals surface area contributed by atoms with Crippen LogP contribution in [-0.4, -0.2) is 43.3 Å². The quantitative estimate of drug-likeness (QED) is 0.682. The SMILES string of the molecule is [2H]C([2H])(CN1CCC(OC)(N(C(=O)CC)c2ccccc2)CC1)c1cccs1. The third kappa shape index (κ3) is 4.17. The van der Waals surface area contributed by atoms with Crippen molar-refractivity contribution in [2.75, 3.05) is 31.6 Å². The molecule has 1 fully saturated rings. The van der Waals surface area contributed by atoms with Gasteiger partial charge in [-0.05, 0) is 30.0 Å². The van der Waals surface area contributed by atoms with Crippen molar-refractivity contribution in [3.8, 4) is 0 Å². The largest absolute Gasteiger partial charge is 0.358 e. The minimum absolute atomic E-state index is 0.0374. The van der Waals surface area contributed by atoms with E-state index in [1.165, 1.54) is 11.3 Å². The summed E-state index contributed by atoms with van der Waals surface area (Å²) in [7, 11) is 1.67. The molecule has 5 heteroatoms. The number of amides is 1. The van der Waals surface area contributed by atoms with Crippen LogP contribution in [0.1, 0.15) is 33.8 Å². The first-order chi connectivity index (χ1) is 13.4. The van der Waals surface area contributed by atoms with Crippen LogP contribution in [0.5, 0.6) is 0 Å². The molecule has 0 bridgehead atoms. The number of methoxy groups -OCH3 is 1. The van der Waals surface area contributed by atoms with Gasteiger partial charge in [-0.2, -0.15) is 0 Å². The molecule has 0 saturated carbocycles. The normalized spacial score (nSPS) is 18.8. The maximum absolute atomic E-state index is 12.8. The summed E-state index contributed by atoms with van der Waals surface area (Å²) < 4.78 is 22.8. The molecule has 0 unspecified atom stereocenters. The number of rotatable bonds is 7. The van der Waals surface area contributed by atoms with Gasteiger partial charge in [0.15, 0.2) is 0 Å². The van der Waals surface area contributed by atoms with Crippen molar-refractivity contribution < 1.29 is 12.3 Å². The van der Waals surface area contributed by atoms with Gasteiger partial charge >= 0.3 is 0 Å². The lowest BCUT2D eigenvalue weighted by Crippen LogP contribution is -2.59. The first-order valence-electron chi connectivity index (χ1n) is 10.1. The number of anilines is 1. The average Bonchev–Trinajstić information content (AvgIpc) is 3.26. The van der Waals surface area contributed by atoms with Gasteiger partial charge in [-0.1, -0.05) is 31.2 Å². The number of carbonyl (C=O) groups is 1. The number of para-hydroxylation sites is 1. The number of hydrogen-bond acceptors (Lipinski definition) is 4. The van der Waals surface area contributed by atoms with E-state index in [1.54, 1.807) is 12.0 Å². The van der Waals surface area contributed by atoms with E-state index in [-0.39, 0.29) is 5.91 Å². The van der Waals surface area contributed by atoms with Crippen LogP contribution in [0.3, 0.4) is 0 Å².